The third-order valence-corrected chi connectivity index (χ3v) is 5.78. The minimum absolute atomic E-state index is 0.189. The fourth-order valence-corrected chi connectivity index (χ4v) is 4.39. The molecule has 0 amide bonds. The van der Waals surface area contributed by atoms with E-state index in [4.69, 9.17) is 0 Å². The van der Waals surface area contributed by atoms with Gasteiger partial charge in [0.25, 0.3) is 0 Å². The summed E-state index contributed by atoms with van der Waals surface area (Å²) in [6, 6.07) is 1.71. The number of piperidine rings is 1. The van der Waals surface area contributed by atoms with Gasteiger partial charge in [0.15, 0.2) is 0 Å². The number of carboxylic acids is 1. The molecule has 0 aromatic carbocycles. The average Bonchev–Trinajstić information content (AvgIpc) is 2.96. The average molecular weight is 346 g/mol. The van der Waals surface area contributed by atoms with Crippen molar-refractivity contribution in [3.63, 3.8) is 0 Å². The van der Waals surface area contributed by atoms with Crippen molar-refractivity contribution in [2.75, 3.05) is 26.2 Å². The summed E-state index contributed by atoms with van der Waals surface area (Å²) < 4.78 is 0. The first-order chi connectivity index (χ1) is 12.0. The second-order valence-corrected chi connectivity index (χ2v) is 7.62. The Morgan fingerprint density at radius 2 is 2.12 bits per heavy atom. The Hall–Kier alpha value is -1.53. The number of rotatable bonds is 6. The molecule has 0 radical (unpaired) electrons. The molecule has 1 aromatic rings. The largest absolute Gasteiger partial charge is 0.480 e. The minimum Gasteiger partial charge on any atom is -0.480 e. The maximum atomic E-state index is 11.6. The summed E-state index contributed by atoms with van der Waals surface area (Å²) in [6.07, 6.45) is 6.71. The summed E-state index contributed by atoms with van der Waals surface area (Å²) in [7, 11) is 0. The van der Waals surface area contributed by atoms with Gasteiger partial charge in [-0.05, 0) is 56.8 Å². The van der Waals surface area contributed by atoms with Crippen LogP contribution in [-0.2, 0) is 17.8 Å². The number of aliphatic carboxylic acids is 1. The molecular formula is C19H30N4O2. The predicted molar refractivity (Wildman–Crippen MR) is 96.3 cm³/mol. The number of hydrogen-bond donors (Lipinski definition) is 1. The lowest BCUT2D eigenvalue weighted by Gasteiger charge is -2.39. The van der Waals surface area contributed by atoms with Crippen LogP contribution >= 0.6 is 0 Å². The smallest absolute Gasteiger partial charge is 0.320 e. The van der Waals surface area contributed by atoms with Gasteiger partial charge in [0, 0.05) is 25.7 Å². The highest BCUT2D eigenvalue weighted by molar-refractivity contribution is 5.74. The molecule has 6 heteroatoms. The standard InChI is InChI=1S/C19H30N4O2/c1-3-9-23-14-19(12-16(23)18(24)25)6-10-22(11-7-19)13-15-5-8-20-17(4-2)21-15/h5,8,16H,3-4,6-7,9-14H2,1-2H3,(H,24,25)/t16-/m1/s1. The van der Waals surface area contributed by atoms with Crippen molar-refractivity contribution in [3.8, 4) is 0 Å². The van der Waals surface area contributed by atoms with Gasteiger partial charge in [0.1, 0.15) is 11.9 Å². The van der Waals surface area contributed by atoms with E-state index in [0.717, 1.165) is 76.3 Å². The van der Waals surface area contributed by atoms with Crippen LogP contribution in [-0.4, -0.2) is 63.1 Å². The normalized spacial score (nSPS) is 24.0. The SMILES string of the molecule is CCCN1CC2(CCN(Cc3ccnc(CC)n3)CC2)C[C@@H]1C(=O)O. The predicted octanol–water partition coefficient (Wildman–Crippen LogP) is 2.19. The van der Waals surface area contributed by atoms with E-state index >= 15 is 0 Å². The van der Waals surface area contributed by atoms with E-state index in [-0.39, 0.29) is 11.5 Å². The molecule has 2 saturated heterocycles. The number of nitrogens with zero attached hydrogens (tertiary/aromatic N) is 4. The van der Waals surface area contributed by atoms with Crippen molar-refractivity contribution in [2.24, 2.45) is 5.41 Å². The zero-order chi connectivity index (χ0) is 17.9. The van der Waals surface area contributed by atoms with Crippen LogP contribution < -0.4 is 0 Å². The molecule has 3 heterocycles. The van der Waals surface area contributed by atoms with Gasteiger partial charge in [-0.3, -0.25) is 14.6 Å². The summed E-state index contributed by atoms with van der Waals surface area (Å²) >= 11 is 0. The van der Waals surface area contributed by atoms with E-state index in [2.05, 4.69) is 33.6 Å². The summed E-state index contributed by atoms with van der Waals surface area (Å²) in [5, 5.41) is 9.55. The van der Waals surface area contributed by atoms with Crippen molar-refractivity contribution in [2.45, 2.75) is 58.5 Å². The molecule has 0 aliphatic carbocycles. The molecule has 0 unspecified atom stereocenters. The monoisotopic (exact) mass is 346 g/mol. The first kappa shape index (κ1) is 18.3. The zero-order valence-electron chi connectivity index (χ0n) is 15.4. The summed E-state index contributed by atoms with van der Waals surface area (Å²) in [5.41, 5.74) is 1.28. The minimum atomic E-state index is -0.652. The number of likely N-dealkylation sites (tertiary alicyclic amines) is 2. The first-order valence-corrected chi connectivity index (χ1v) is 9.55. The lowest BCUT2D eigenvalue weighted by atomic mass is 9.76. The Bertz CT molecular complexity index is 599. The van der Waals surface area contributed by atoms with Gasteiger partial charge >= 0.3 is 5.97 Å². The van der Waals surface area contributed by atoms with E-state index in [1.54, 1.807) is 0 Å². The fraction of sp³-hybridized carbons (Fsp3) is 0.737. The molecule has 2 aliphatic rings. The maximum absolute atomic E-state index is 11.6. The molecule has 2 aliphatic heterocycles. The Morgan fingerprint density at radius 3 is 2.76 bits per heavy atom. The molecule has 1 spiro atoms. The molecule has 0 bridgehead atoms. The van der Waals surface area contributed by atoms with Crippen LogP contribution in [0, 0.1) is 5.41 Å². The van der Waals surface area contributed by atoms with Gasteiger partial charge in [-0.15, -0.1) is 0 Å². The highest BCUT2D eigenvalue weighted by atomic mass is 16.4. The van der Waals surface area contributed by atoms with E-state index < -0.39 is 5.97 Å². The number of carboxylic acid groups (broad SMARTS) is 1. The number of carbonyl (C=O) groups is 1. The lowest BCUT2D eigenvalue weighted by molar-refractivity contribution is -0.142. The highest BCUT2D eigenvalue weighted by Gasteiger charge is 2.47. The number of aromatic nitrogens is 2. The van der Waals surface area contributed by atoms with Crippen LogP contribution in [0.5, 0.6) is 0 Å². The highest BCUT2D eigenvalue weighted by Crippen LogP contribution is 2.43. The quantitative estimate of drug-likeness (QED) is 0.851. The van der Waals surface area contributed by atoms with Crippen molar-refractivity contribution in [1.82, 2.24) is 19.8 Å². The Labute approximate surface area is 150 Å². The molecule has 1 N–H and O–H groups in total. The second-order valence-electron chi connectivity index (χ2n) is 7.62. The van der Waals surface area contributed by atoms with Crippen molar-refractivity contribution < 1.29 is 9.90 Å². The molecule has 1 aromatic heterocycles. The fourth-order valence-electron chi connectivity index (χ4n) is 4.39. The number of hydrogen-bond acceptors (Lipinski definition) is 5. The van der Waals surface area contributed by atoms with E-state index in [0.29, 0.717) is 0 Å². The molecule has 6 nitrogen and oxygen atoms in total. The zero-order valence-corrected chi connectivity index (χ0v) is 15.4. The second kappa shape index (κ2) is 7.79. The molecule has 3 rings (SSSR count). The van der Waals surface area contributed by atoms with Crippen LogP contribution in [0.25, 0.3) is 0 Å². The van der Waals surface area contributed by atoms with Crippen LogP contribution in [0.3, 0.4) is 0 Å². The van der Waals surface area contributed by atoms with E-state index in [9.17, 15) is 9.90 Å². The molecule has 0 saturated carbocycles. The van der Waals surface area contributed by atoms with Crippen LogP contribution in [0.1, 0.15) is 51.0 Å². The van der Waals surface area contributed by atoms with E-state index in [1.807, 2.05) is 12.3 Å². The first-order valence-electron chi connectivity index (χ1n) is 9.55. The summed E-state index contributed by atoms with van der Waals surface area (Å²) in [4.78, 5) is 25.1. The molecular weight excluding hydrogens is 316 g/mol. The number of aryl methyl sites for hydroxylation is 1. The van der Waals surface area contributed by atoms with Gasteiger partial charge in [-0.1, -0.05) is 13.8 Å². The summed E-state index contributed by atoms with van der Waals surface area (Å²) in [5.74, 6) is 0.252. The van der Waals surface area contributed by atoms with Gasteiger partial charge in [-0.25, -0.2) is 9.97 Å². The van der Waals surface area contributed by atoms with Crippen molar-refractivity contribution in [3.05, 3.63) is 23.8 Å². The van der Waals surface area contributed by atoms with Crippen molar-refractivity contribution >= 4 is 5.97 Å². The van der Waals surface area contributed by atoms with Gasteiger partial charge in [0.2, 0.25) is 0 Å². The topological polar surface area (TPSA) is 69.6 Å². The van der Waals surface area contributed by atoms with E-state index in [1.165, 1.54) is 0 Å². The van der Waals surface area contributed by atoms with Crippen LogP contribution in [0.2, 0.25) is 0 Å². The lowest BCUT2D eigenvalue weighted by Crippen LogP contribution is -2.41. The Balaban J connectivity index is 1.58. The third-order valence-electron chi connectivity index (χ3n) is 5.78. The molecule has 1 atom stereocenters. The van der Waals surface area contributed by atoms with Crippen molar-refractivity contribution in [1.29, 1.82) is 0 Å². The molecule has 25 heavy (non-hydrogen) atoms. The van der Waals surface area contributed by atoms with Gasteiger partial charge in [-0.2, -0.15) is 0 Å². The molecule has 138 valence electrons. The van der Waals surface area contributed by atoms with Crippen LogP contribution in [0.15, 0.2) is 12.3 Å². The Kier molecular flexibility index (Phi) is 5.69. The maximum Gasteiger partial charge on any atom is 0.320 e. The third kappa shape index (κ3) is 4.18. The molecule has 2 fully saturated rings. The van der Waals surface area contributed by atoms with Gasteiger partial charge in [0.05, 0.1) is 5.69 Å². The summed E-state index contributed by atoms with van der Waals surface area (Å²) in [6.45, 7) is 8.95. The Morgan fingerprint density at radius 1 is 1.36 bits per heavy atom. The van der Waals surface area contributed by atoms with Gasteiger partial charge < -0.3 is 5.11 Å². The van der Waals surface area contributed by atoms with Crippen LogP contribution in [0.4, 0.5) is 0 Å².